The van der Waals surface area contributed by atoms with Crippen molar-refractivity contribution < 1.29 is 17.9 Å². The van der Waals surface area contributed by atoms with Crippen LogP contribution in [-0.4, -0.2) is 22.4 Å². The molecule has 3 aromatic rings. The number of anilines is 3. The lowest BCUT2D eigenvalue weighted by Crippen LogP contribution is -2.17. The van der Waals surface area contributed by atoms with Gasteiger partial charge in [-0.05, 0) is 49.9 Å². The van der Waals surface area contributed by atoms with Crippen LogP contribution in [0.4, 0.5) is 30.6 Å². The van der Waals surface area contributed by atoms with E-state index in [1.165, 1.54) is 18.2 Å². The van der Waals surface area contributed by atoms with Crippen molar-refractivity contribution in [2.45, 2.75) is 39.1 Å². The highest BCUT2D eigenvalue weighted by Gasteiger charge is 2.31. The minimum atomic E-state index is -4.75. The standard InChI is InChI=1S/C22H21F3N4O/c1-13-5-3-6-14(2)20(13)28-19-12-18(27-21(29-19)26-16-9-10-16)15-7-4-8-17(11-15)30-22(23,24)25/h3-8,11-12,16H,9-10H2,1-2H3,(H2,26,27,28,29). The van der Waals surface area contributed by atoms with Crippen LogP contribution in [0.5, 0.6) is 5.75 Å². The van der Waals surface area contributed by atoms with Crippen LogP contribution in [0.1, 0.15) is 24.0 Å². The van der Waals surface area contributed by atoms with E-state index in [0.717, 1.165) is 29.7 Å². The minimum Gasteiger partial charge on any atom is -0.406 e. The first-order valence-corrected chi connectivity index (χ1v) is 9.62. The number of benzene rings is 2. The maximum Gasteiger partial charge on any atom is 0.573 e. The Morgan fingerprint density at radius 1 is 0.967 bits per heavy atom. The van der Waals surface area contributed by atoms with Crippen LogP contribution in [0.25, 0.3) is 11.3 Å². The summed E-state index contributed by atoms with van der Waals surface area (Å²) in [6.45, 7) is 4.00. The Labute approximate surface area is 172 Å². The summed E-state index contributed by atoms with van der Waals surface area (Å²) in [5, 5.41) is 6.60. The number of aryl methyl sites for hydroxylation is 2. The number of para-hydroxylation sites is 1. The Kier molecular flexibility index (Phi) is 5.24. The highest BCUT2D eigenvalue weighted by atomic mass is 19.4. The lowest BCUT2D eigenvalue weighted by atomic mass is 10.1. The molecule has 1 aliphatic carbocycles. The normalized spacial score (nSPS) is 13.8. The fourth-order valence-electron chi connectivity index (χ4n) is 3.13. The summed E-state index contributed by atoms with van der Waals surface area (Å²) in [5.74, 6) is 0.702. The van der Waals surface area contributed by atoms with E-state index in [-0.39, 0.29) is 5.75 Å². The van der Waals surface area contributed by atoms with Crippen LogP contribution < -0.4 is 15.4 Å². The van der Waals surface area contributed by atoms with Gasteiger partial charge in [-0.25, -0.2) is 4.98 Å². The third-order valence-electron chi connectivity index (χ3n) is 4.73. The number of hydrogen-bond donors (Lipinski definition) is 2. The van der Waals surface area contributed by atoms with Crippen LogP contribution >= 0.6 is 0 Å². The summed E-state index contributed by atoms with van der Waals surface area (Å²) in [6.07, 6.45) is -2.66. The van der Waals surface area contributed by atoms with Gasteiger partial charge >= 0.3 is 6.36 Å². The number of nitrogens with zero attached hydrogens (tertiary/aromatic N) is 2. The third kappa shape index (κ3) is 5.00. The molecule has 4 rings (SSSR count). The van der Waals surface area contributed by atoms with E-state index in [4.69, 9.17) is 0 Å². The zero-order valence-electron chi connectivity index (χ0n) is 16.5. The molecule has 2 N–H and O–H groups in total. The zero-order chi connectivity index (χ0) is 21.3. The first-order valence-electron chi connectivity index (χ1n) is 9.62. The fourth-order valence-corrected chi connectivity index (χ4v) is 3.13. The van der Waals surface area contributed by atoms with Crippen LogP contribution in [0.2, 0.25) is 0 Å². The molecule has 5 nitrogen and oxygen atoms in total. The maximum absolute atomic E-state index is 12.6. The SMILES string of the molecule is Cc1cccc(C)c1Nc1cc(-c2cccc(OC(F)(F)F)c2)nc(NC2CC2)n1. The summed E-state index contributed by atoms with van der Waals surface area (Å²) < 4.78 is 41.9. The monoisotopic (exact) mass is 414 g/mol. The molecule has 0 unspecified atom stereocenters. The molecule has 1 aliphatic rings. The van der Waals surface area contributed by atoms with E-state index in [1.807, 2.05) is 32.0 Å². The Morgan fingerprint density at radius 2 is 1.67 bits per heavy atom. The maximum atomic E-state index is 12.6. The number of halogens is 3. The molecule has 0 bridgehead atoms. The van der Waals surface area contributed by atoms with E-state index in [9.17, 15) is 13.2 Å². The molecule has 1 aromatic heterocycles. The van der Waals surface area contributed by atoms with Gasteiger partial charge in [0.25, 0.3) is 0 Å². The Morgan fingerprint density at radius 3 is 2.33 bits per heavy atom. The van der Waals surface area contributed by atoms with Gasteiger partial charge in [-0.2, -0.15) is 4.98 Å². The van der Waals surface area contributed by atoms with Crippen LogP contribution in [0.3, 0.4) is 0 Å². The van der Waals surface area contributed by atoms with Crippen LogP contribution in [0, 0.1) is 13.8 Å². The number of nitrogens with one attached hydrogen (secondary N) is 2. The number of ether oxygens (including phenoxy) is 1. The molecule has 0 aliphatic heterocycles. The van der Waals surface area contributed by atoms with Crippen molar-refractivity contribution in [2.75, 3.05) is 10.6 Å². The van der Waals surface area contributed by atoms with Crippen molar-refractivity contribution in [1.82, 2.24) is 9.97 Å². The van der Waals surface area contributed by atoms with Gasteiger partial charge in [0.15, 0.2) is 0 Å². The Balaban J connectivity index is 1.71. The fraction of sp³-hybridized carbons (Fsp3) is 0.273. The molecule has 1 saturated carbocycles. The van der Waals surface area contributed by atoms with E-state index in [0.29, 0.717) is 29.1 Å². The van der Waals surface area contributed by atoms with E-state index in [1.54, 1.807) is 12.1 Å². The second-order valence-corrected chi connectivity index (χ2v) is 7.35. The largest absolute Gasteiger partial charge is 0.573 e. The molecular weight excluding hydrogens is 393 g/mol. The first kappa shape index (κ1) is 20.0. The molecule has 0 spiro atoms. The Bertz CT molecular complexity index is 1040. The van der Waals surface area contributed by atoms with Crippen molar-refractivity contribution in [3.05, 3.63) is 59.7 Å². The molecule has 2 aromatic carbocycles. The van der Waals surface area contributed by atoms with E-state index < -0.39 is 6.36 Å². The van der Waals surface area contributed by atoms with Crippen molar-refractivity contribution >= 4 is 17.5 Å². The van der Waals surface area contributed by atoms with Gasteiger partial charge in [-0.3, -0.25) is 0 Å². The Hall–Kier alpha value is -3.29. The predicted octanol–water partition coefficient (Wildman–Crippen LogP) is 5.98. The summed E-state index contributed by atoms with van der Waals surface area (Å²) in [6, 6.07) is 13.8. The molecule has 1 fully saturated rings. The first-order chi connectivity index (χ1) is 14.3. The van der Waals surface area contributed by atoms with Gasteiger partial charge in [0, 0.05) is 23.4 Å². The summed E-state index contributed by atoms with van der Waals surface area (Å²) >= 11 is 0. The summed E-state index contributed by atoms with van der Waals surface area (Å²) in [4.78, 5) is 9.06. The third-order valence-corrected chi connectivity index (χ3v) is 4.73. The minimum absolute atomic E-state index is 0.292. The second-order valence-electron chi connectivity index (χ2n) is 7.35. The predicted molar refractivity (Wildman–Crippen MR) is 110 cm³/mol. The highest BCUT2D eigenvalue weighted by molar-refractivity contribution is 5.70. The van der Waals surface area contributed by atoms with Crippen LogP contribution in [-0.2, 0) is 0 Å². The van der Waals surface area contributed by atoms with Gasteiger partial charge in [0.1, 0.15) is 11.6 Å². The number of rotatable bonds is 6. The molecule has 0 radical (unpaired) electrons. The zero-order valence-corrected chi connectivity index (χ0v) is 16.5. The van der Waals surface area contributed by atoms with Crippen molar-refractivity contribution in [1.29, 1.82) is 0 Å². The second kappa shape index (κ2) is 7.85. The summed E-state index contributed by atoms with van der Waals surface area (Å²) in [5.41, 5.74) is 4.06. The van der Waals surface area contributed by atoms with Crippen molar-refractivity contribution in [2.24, 2.45) is 0 Å². The van der Waals surface area contributed by atoms with Gasteiger partial charge in [-0.1, -0.05) is 30.3 Å². The number of alkyl halides is 3. The lowest BCUT2D eigenvalue weighted by Gasteiger charge is -2.15. The molecule has 8 heteroatoms. The molecule has 1 heterocycles. The van der Waals surface area contributed by atoms with Gasteiger partial charge < -0.3 is 15.4 Å². The van der Waals surface area contributed by atoms with Crippen molar-refractivity contribution in [3.63, 3.8) is 0 Å². The van der Waals surface area contributed by atoms with E-state index >= 15 is 0 Å². The van der Waals surface area contributed by atoms with Crippen LogP contribution in [0.15, 0.2) is 48.5 Å². The topological polar surface area (TPSA) is 59.1 Å². The molecule has 0 amide bonds. The van der Waals surface area contributed by atoms with E-state index in [2.05, 4.69) is 25.3 Å². The highest BCUT2D eigenvalue weighted by Crippen LogP contribution is 2.31. The molecule has 0 atom stereocenters. The lowest BCUT2D eigenvalue weighted by molar-refractivity contribution is -0.274. The van der Waals surface area contributed by atoms with Gasteiger partial charge in [0.2, 0.25) is 5.95 Å². The number of aromatic nitrogens is 2. The molecular formula is C22H21F3N4O. The average Bonchev–Trinajstić information content (AvgIpc) is 3.47. The van der Waals surface area contributed by atoms with Gasteiger partial charge in [-0.15, -0.1) is 13.2 Å². The smallest absolute Gasteiger partial charge is 0.406 e. The number of hydrogen-bond acceptors (Lipinski definition) is 5. The quantitative estimate of drug-likeness (QED) is 0.520. The molecule has 30 heavy (non-hydrogen) atoms. The van der Waals surface area contributed by atoms with Gasteiger partial charge in [0.05, 0.1) is 5.69 Å². The molecule has 0 saturated heterocycles. The van der Waals surface area contributed by atoms with Crippen molar-refractivity contribution in [3.8, 4) is 17.0 Å². The average molecular weight is 414 g/mol. The summed E-state index contributed by atoms with van der Waals surface area (Å²) in [7, 11) is 0. The molecule has 156 valence electrons.